The van der Waals surface area contributed by atoms with Gasteiger partial charge in [0.2, 0.25) is 0 Å². The topological polar surface area (TPSA) is 17.3 Å². The van der Waals surface area contributed by atoms with Crippen LogP contribution in [0.5, 0.6) is 0 Å². The van der Waals surface area contributed by atoms with E-state index in [9.17, 15) is 0 Å². The Morgan fingerprint density at radius 3 is 1.12 bits per heavy atom. The second kappa shape index (κ2) is 13.6. The van der Waals surface area contributed by atoms with Crippen LogP contribution in [0.25, 0.3) is 27.1 Å². The summed E-state index contributed by atoms with van der Waals surface area (Å²) in [6.45, 7) is 12.2. The van der Waals surface area contributed by atoms with Gasteiger partial charge in [-0.15, -0.1) is 42.9 Å². The molecule has 2 aliphatic heterocycles. The van der Waals surface area contributed by atoms with E-state index in [4.69, 9.17) is 6.57 Å². The summed E-state index contributed by atoms with van der Waals surface area (Å²) < 4.78 is 0. The molecular formula is C45H30N5Os-3. The maximum atomic E-state index is 8.03. The number of para-hydroxylation sites is 4. The predicted octanol–water partition coefficient (Wildman–Crippen LogP) is 12.2. The first-order chi connectivity index (χ1) is 24.7. The number of rotatable bonds is 6. The quantitative estimate of drug-likeness (QED) is 0.155. The monoisotopic (exact) mass is 832 g/mol. The molecule has 2 heterocycles. The standard InChI is InChI=1S/C45H30N5.Os/c1-46-37-28-40(49-31-47(42-16-8-10-18-44(42)49)38-24-20-35(21-25-38)33-12-4-2-5-13-33)30-41(29-37)50-32-48(43-17-9-11-19-45(43)50)39-26-22-36(23-27-39)34-14-6-3-7-15-34;/h2-29,31-32H;/q-3;. The van der Waals surface area contributed by atoms with Crippen LogP contribution in [-0.2, 0) is 19.8 Å². The van der Waals surface area contributed by atoms with Crippen LogP contribution in [0.15, 0.2) is 170 Å². The van der Waals surface area contributed by atoms with Crippen molar-refractivity contribution < 1.29 is 19.8 Å². The summed E-state index contributed by atoms with van der Waals surface area (Å²) in [6.07, 6.45) is 0. The third-order valence-electron chi connectivity index (χ3n) is 9.24. The summed E-state index contributed by atoms with van der Waals surface area (Å²) in [5.41, 5.74) is 13.1. The van der Waals surface area contributed by atoms with Crippen molar-refractivity contribution in [3.8, 4) is 22.3 Å². The van der Waals surface area contributed by atoms with Gasteiger partial charge in [-0.05, 0) is 70.8 Å². The van der Waals surface area contributed by atoms with Gasteiger partial charge in [-0.1, -0.05) is 109 Å². The molecule has 0 amide bonds. The van der Waals surface area contributed by atoms with E-state index in [1.807, 2.05) is 36.4 Å². The van der Waals surface area contributed by atoms with Crippen molar-refractivity contribution in [1.29, 1.82) is 0 Å². The van der Waals surface area contributed by atoms with Crippen LogP contribution >= 0.6 is 0 Å². The van der Waals surface area contributed by atoms with Gasteiger partial charge in [-0.25, -0.2) is 0 Å². The van der Waals surface area contributed by atoms with Crippen LogP contribution < -0.4 is 19.6 Å². The molecule has 0 radical (unpaired) electrons. The molecule has 0 saturated carbocycles. The molecule has 51 heavy (non-hydrogen) atoms. The Morgan fingerprint density at radius 1 is 0.412 bits per heavy atom. The Balaban J connectivity index is 0.00000374. The van der Waals surface area contributed by atoms with E-state index in [-0.39, 0.29) is 19.8 Å². The van der Waals surface area contributed by atoms with E-state index in [0.29, 0.717) is 5.69 Å². The van der Waals surface area contributed by atoms with Gasteiger partial charge >= 0.3 is 0 Å². The van der Waals surface area contributed by atoms with Crippen molar-refractivity contribution in [2.75, 3.05) is 19.6 Å². The molecule has 6 heteroatoms. The summed E-state index contributed by atoms with van der Waals surface area (Å²) >= 11 is 0. The minimum Gasteiger partial charge on any atom is -0.494 e. The Bertz CT molecular complexity index is 2190. The molecule has 0 spiro atoms. The molecule has 7 aromatic rings. The number of nitrogens with zero attached hydrogens (tertiary/aromatic N) is 5. The van der Waals surface area contributed by atoms with Gasteiger partial charge in [0.15, 0.2) is 0 Å². The van der Waals surface area contributed by atoms with Crippen molar-refractivity contribution in [3.63, 3.8) is 0 Å². The van der Waals surface area contributed by atoms with Gasteiger partial charge in [-0.3, -0.25) is 4.85 Å². The molecule has 0 bridgehead atoms. The molecule has 2 aliphatic rings. The summed E-state index contributed by atoms with van der Waals surface area (Å²) in [4.78, 5) is 12.5. The SMILES string of the molecule is [C-]#[N+]c1cc(N2[CH-]N(c3ccc(-c4ccccc4)cc3)c3ccccc32)[c-]c(N2[CH-]N(c3ccc(-c4ccccc4)cc3)c3ccccc32)c1.[Os]. The molecule has 0 aliphatic carbocycles. The molecule has 5 nitrogen and oxygen atoms in total. The second-order valence-corrected chi connectivity index (χ2v) is 12.2. The molecule has 7 aromatic carbocycles. The Morgan fingerprint density at radius 2 is 0.745 bits per heavy atom. The summed E-state index contributed by atoms with van der Waals surface area (Å²) in [7, 11) is 0. The van der Waals surface area contributed by atoms with E-state index in [1.165, 1.54) is 22.3 Å². The smallest absolute Gasteiger partial charge is 0.0899 e. The van der Waals surface area contributed by atoms with Crippen molar-refractivity contribution in [2.24, 2.45) is 0 Å². The predicted molar refractivity (Wildman–Crippen MR) is 205 cm³/mol. The first-order valence-corrected chi connectivity index (χ1v) is 16.5. The van der Waals surface area contributed by atoms with Gasteiger partial charge < -0.3 is 19.6 Å². The Kier molecular flexibility index (Phi) is 8.58. The van der Waals surface area contributed by atoms with Gasteiger partial charge in [0.25, 0.3) is 0 Å². The van der Waals surface area contributed by atoms with Crippen LogP contribution in [0.3, 0.4) is 0 Å². The maximum Gasteiger partial charge on any atom is 0.0899 e. The largest absolute Gasteiger partial charge is 0.494 e. The van der Waals surface area contributed by atoms with E-state index in [0.717, 1.165) is 45.5 Å². The van der Waals surface area contributed by atoms with Gasteiger partial charge in [0.1, 0.15) is 0 Å². The number of benzene rings is 7. The molecule has 246 valence electrons. The third kappa shape index (κ3) is 5.93. The second-order valence-electron chi connectivity index (χ2n) is 12.2. The minimum atomic E-state index is 0. The van der Waals surface area contributed by atoms with E-state index < -0.39 is 0 Å². The van der Waals surface area contributed by atoms with Crippen molar-refractivity contribution in [2.45, 2.75) is 0 Å². The average molecular weight is 831 g/mol. The van der Waals surface area contributed by atoms with Gasteiger partial charge in [0, 0.05) is 53.9 Å². The average Bonchev–Trinajstić information content (AvgIpc) is 3.78. The van der Waals surface area contributed by atoms with Crippen molar-refractivity contribution in [3.05, 3.63) is 201 Å². The fraction of sp³-hybridized carbons (Fsp3) is 0. The maximum absolute atomic E-state index is 8.03. The molecule has 0 saturated heterocycles. The van der Waals surface area contributed by atoms with E-state index >= 15 is 0 Å². The molecule has 0 aromatic heterocycles. The van der Waals surface area contributed by atoms with E-state index in [2.05, 4.69) is 177 Å². The first kappa shape index (κ1) is 32.1. The molecule has 0 unspecified atom stereocenters. The molecule has 0 atom stereocenters. The summed E-state index contributed by atoms with van der Waals surface area (Å²) in [5, 5.41) is 0. The third-order valence-corrected chi connectivity index (χ3v) is 9.24. The van der Waals surface area contributed by atoms with Crippen LogP contribution in [0.4, 0.5) is 51.2 Å². The molecule has 0 fully saturated rings. The molecular weight excluding hydrogens is 801 g/mol. The van der Waals surface area contributed by atoms with Crippen molar-refractivity contribution in [1.82, 2.24) is 0 Å². The van der Waals surface area contributed by atoms with Crippen LogP contribution in [0.1, 0.15) is 0 Å². The minimum absolute atomic E-state index is 0. The number of anilines is 8. The van der Waals surface area contributed by atoms with Crippen LogP contribution in [-0.4, -0.2) is 0 Å². The molecule has 9 rings (SSSR count). The number of hydrogen-bond acceptors (Lipinski definition) is 4. The van der Waals surface area contributed by atoms with Crippen LogP contribution in [0.2, 0.25) is 0 Å². The Hall–Kier alpha value is -6.13. The normalized spacial score (nSPS) is 13.0. The fourth-order valence-electron chi connectivity index (χ4n) is 6.76. The zero-order valence-corrected chi connectivity index (χ0v) is 30.0. The van der Waals surface area contributed by atoms with Gasteiger partial charge in [-0.2, -0.15) is 0 Å². The van der Waals surface area contributed by atoms with Crippen molar-refractivity contribution >= 4 is 51.2 Å². The number of hydrogen-bond donors (Lipinski definition) is 0. The zero-order chi connectivity index (χ0) is 33.4. The van der Waals surface area contributed by atoms with Gasteiger partial charge in [0.05, 0.1) is 12.3 Å². The fourth-order valence-corrected chi connectivity index (χ4v) is 6.76. The summed E-state index contributed by atoms with van der Waals surface area (Å²) in [6, 6.07) is 62.3. The Labute approximate surface area is 312 Å². The zero-order valence-electron chi connectivity index (χ0n) is 27.4. The summed E-state index contributed by atoms with van der Waals surface area (Å²) in [5.74, 6) is 0. The van der Waals surface area contributed by atoms with Crippen LogP contribution in [0, 0.1) is 26.0 Å². The van der Waals surface area contributed by atoms with E-state index in [1.54, 1.807) is 0 Å². The molecule has 0 N–H and O–H groups in total. The number of fused-ring (bicyclic) bond motifs is 2. The first-order valence-electron chi connectivity index (χ1n) is 16.5.